The van der Waals surface area contributed by atoms with Crippen LogP contribution >= 0.6 is 0 Å². The molecule has 1 aromatic rings. The van der Waals surface area contributed by atoms with Gasteiger partial charge in [-0.25, -0.2) is 0 Å². The summed E-state index contributed by atoms with van der Waals surface area (Å²) in [6.45, 7) is 6.62. The van der Waals surface area contributed by atoms with Crippen molar-refractivity contribution in [3.8, 4) is 0 Å². The molecule has 1 fully saturated rings. The van der Waals surface area contributed by atoms with Gasteiger partial charge in [0.1, 0.15) is 0 Å². The van der Waals surface area contributed by atoms with Crippen molar-refractivity contribution in [3.63, 3.8) is 0 Å². The molecular formula is C10H17N3. The largest absolute Gasteiger partial charge is 0.312 e. The molecule has 3 heteroatoms. The molecule has 3 nitrogen and oxygen atoms in total. The van der Waals surface area contributed by atoms with Gasteiger partial charge < -0.3 is 5.32 Å². The first kappa shape index (κ1) is 8.75. The fourth-order valence-electron chi connectivity index (χ4n) is 1.61. The average molecular weight is 179 g/mol. The summed E-state index contributed by atoms with van der Waals surface area (Å²) in [5.74, 6) is 0.720. The molecule has 0 amide bonds. The minimum absolute atomic E-state index is 0.598. The van der Waals surface area contributed by atoms with Gasteiger partial charge in [0.25, 0.3) is 0 Å². The van der Waals surface area contributed by atoms with Crippen LogP contribution in [0.3, 0.4) is 0 Å². The topological polar surface area (TPSA) is 29.9 Å². The maximum absolute atomic E-state index is 4.37. The molecule has 0 aromatic carbocycles. The summed E-state index contributed by atoms with van der Waals surface area (Å²) >= 11 is 0. The van der Waals surface area contributed by atoms with E-state index in [0.717, 1.165) is 25.4 Å². The molecule has 0 spiro atoms. The van der Waals surface area contributed by atoms with E-state index in [4.69, 9.17) is 0 Å². The quantitative estimate of drug-likeness (QED) is 0.756. The van der Waals surface area contributed by atoms with Crippen LogP contribution in [0.2, 0.25) is 0 Å². The van der Waals surface area contributed by atoms with Crippen LogP contribution in [-0.2, 0) is 6.42 Å². The van der Waals surface area contributed by atoms with Gasteiger partial charge in [-0.15, -0.1) is 0 Å². The van der Waals surface area contributed by atoms with Crippen LogP contribution in [0.1, 0.15) is 25.5 Å². The van der Waals surface area contributed by atoms with E-state index in [1.807, 2.05) is 6.20 Å². The first-order chi connectivity index (χ1) is 6.25. The van der Waals surface area contributed by atoms with Crippen molar-refractivity contribution >= 4 is 0 Å². The number of rotatable bonds is 3. The van der Waals surface area contributed by atoms with Gasteiger partial charge >= 0.3 is 0 Å². The Morgan fingerprint density at radius 2 is 2.38 bits per heavy atom. The summed E-state index contributed by atoms with van der Waals surface area (Å²) in [6.07, 6.45) is 5.32. The van der Waals surface area contributed by atoms with Gasteiger partial charge in [-0.1, -0.05) is 13.8 Å². The van der Waals surface area contributed by atoms with Gasteiger partial charge in [0.15, 0.2) is 0 Å². The molecule has 2 rings (SSSR count). The minimum Gasteiger partial charge on any atom is -0.312 e. The summed E-state index contributed by atoms with van der Waals surface area (Å²) in [6, 6.07) is 0.598. The van der Waals surface area contributed by atoms with Crippen LogP contribution in [-0.4, -0.2) is 22.9 Å². The molecule has 72 valence electrons. The predicted octanol–water partition coefficient (Wildman–Crippen LogP) is 1.23. The monoisotopic (exact) mass is 179 g/mol. The van der Waals surface area contributed by atoms with Crippen LogP contribution in [0.25, 0.3) is 0 Å². The van der Waals surface area contributed by atoms with Crippen molar-refractivity contribution < 1.29 is 0 Å². The molecule has 0 radical (unpaired) electrons. The van der Waals surface area contributed by atoms with Crippen LogP contribution in [0.5, 0.6) is 0 Å². The fourth-order valence-corrected chi connectivity index (χ4v) is 1.61. The lowest BCUT2D eigenvalue weighted by atomic mass is 10.1. The molecule has 13 heavy (non-hydrogen) atoms. The van der Waals surface area contributed by atoms with Crippen molar-refractivity contribution in [1.29, 1.82) is 0 Å². The van der Waals surface area contributed by atoms with Gasteiger partial charge in [0, 0.05) is 19.3 Å². The van der Waals surface area contributed by atoms with Crippen LogP contribution in [0.4, 0.5) is 0 Å². The predicted molar refractivity (Wildman–Crippen MR) is 52.7 cm³/mol. The highest BCUT2D eigenvalue weighted by atomic mass is 15.3. The lowest BCUT2D eigenvalue weighted by Gasteiger charge is -2.27. The second-order valence-electron chi connectivity index (χ2n) is 4.24. The number of nitrogens with zero attached hydrogens (tertiary/aromatic N) is 2. The maximum atomic E-state index is 4.37. The fraction of sp³-hybridized carbons (Fsp3) is 0.700. The van der Waals surface area contributed by atoms with E-state index in [1.165, 1.54) is 5.56 Å². The van der Waals surface area contributed by atoms with E-state index in [9.17, 15) is 0 Å². The minimum atomic E-state index is 0.598. The van der Waals surface area contributed by atoms with Gasteiger partial charge in [-0.3, -0.25) is 4.68 Å². The van der Waals surface area contributed by atoms with Crippen LogP contribution in [0, 0.1) is 5.92 Å². The zero-order valence-corrected chi connectivity index (χ0v) is 8.33. The zero-order chi connectivity index (χ0) is 9.26. The third-order valence-corrected chi connectivity index (χ3v) is 2.43. The highest BCUT2D eigenvalue weighted by Crippen LogP contribution is 2.13. The van der Waals surface area contributed by atoms with Crippen molar-refractivity contribution in [2.75, 3.05) is 13.1 Å². The Bertz CT molecular complexity index is 273. The molecule has 0 atom stereocenters. The molecule has 0 saturated carbocycles. The lowest BCUT2D eigenvalue weighted by Crippen LogP contribution is -2.43. The second-order valence-corrected chi connectivity index (χ2v) is 4.24. The number of hydrogen-bond acceptors (Lipinski definition) is 2. The standard InChI is InChI=1S/C10H17N3/c1-8(2)3-9-4-12-13(7-9)10-5-11-6-10/h4,7-8,10-11H,3,5-6H2,1-2H3. The van der Waals surface area contributed by atoms with Crippen LogP contribution in [0.15, 0.2) is 12.4 Å². The second kappa shape index (κ2) is 3.50. The number of hydrogen-bond donors (Lipinski definition) is 1. The van der Waals surface area contributed by atoms with Crippen molar-refractivity contribution in [3.05, 3.63) is 18.0 Å². The third-order valence-electron chi connectivity index (χ3n) is 2.43. The van der Waals surface area contributed by atoms with Crippen molar-refractivity contribution in [1.82, 2.24) is 15.1 Å². The highest BCUT2D eigenvalue weighted by molar-refractivity contribution is 5.06. The van der Waals surface area contributed by atoms with Crippen molar-refractivity contribution in [2.45, 2.75) is 26.3 Å². The molecule has 0 unspecified atom stereocenters. The Morgan fingerprint density at radius 3 is 2.92 bits per heavy atom. The summed E-state index contributed by atoms with van der Waals surface area (Å²) in [5.41, 5.74) is 1.36. The third kappa shape index (κ3) is 1.91. The highest BCUT2D eigenvalue weighted by Gasteiger charge is 2.19. The Labute approximate surface area is 79.1 Å². The van der Waals surface area contributed by atoms with Crippen molar-refractivity contribution in [2.24, 2.45) is 5.92 Å². The van der Waals surface area contributed by atoms with E-state index < -0.39 is 0 Å². The molecule has 2 heterocycles. The van der Waals surface area contributed by atoms with E-state index >= 15 is 0 Å². The SMILES string of the molecule is CC(C)Cc1cnn(C2CNC2)c1. The first-order valence-corrected chi connectivity index (χ1v) is 4.99. The van der Waals surface area contributed by atoms with E-state index in [1.54, 1.807) is 0 Å². The van der Waals surface area contributed by atoms with Gasteiger partial charge in [0.2, 0.25) is 0 Å². The van der Waals surface area contributed by atoms with E-state index in [2.05, 4.69) is 35.1 Å². The lowest BCUT2D eigenvalue weighted by molar-refractivity contribution is 0.318. The van der Waals surface area contributed by atoms with E-state index in [0.29, 0.717) is 6.04 Å². The van der Waals surface area contributed by atoms with E-state index in [-0.39, 0.29) is 0 Å². The number of nitrogens with one attached hydrogen (secondary N) is 1. The van der Waals surface area contributed by atoms with Gasteiger partial charge in [-0.05, 0) is 17.9 Å². The van der Waals surface area contributed by atoms with Crippen LogP contribution < -0.4 is 5.32 Å². The Morgan fingerprint density at radius 1 is 1.62 bits per heavy atom. The summed E-state index contributed by atoms with van der Waals surface area (Å²) in [5, 5.41) is 7.62. The molecule has 1 saturated heterocycles. The molecule has 1 aliphatic rings. The zero-order valence-electron chi connectivity index (χ0n) is 8.33. The Hall–Kier alpha value is -0.830. The molecule has 0 bridgehead atoms. The Kier molecular flexibility index (Phi) is 2.36. The maximum Gasteiger partial charge on any atom is 0.0767 e. The molecule has 1 aromatic heterocycles. The summed E-state index contributed by atoms with van der Waals surface area (Å²) < 4.78 is 2.09. The van der Waals surface area contributed by atoms with Gasteiger partial charge in [0.05, 0.1) is 12.2 Å². The Balaban J connectivity index is 2.00. The summed E-state index contributed by atoms with van der Waals surface area (Å²) in [7, 11) is 0. The normalized spacial score (nSPS) is 17.8. The molecule has 0 aliphatic carbocycles. The smallest absolute Gasteiger partial charge is 0.0767 e. The number of aromatic nitrogens is 2. The average Bonchev–Trinajstić information content (AvgIpc) is 2.31. The molecule has 1 N–H and O–H groups in total. The first-order valence-electron chi connectivity index (χ1n) is 4.99. The molecular weight excluding hydrogens is 162 g/mol. The molecule has 1 aliphatic heterocycles. The van der Waals surface area contributed by atoms with Gasteiger partial charge in [-0.2, -0.15) is 5.10 Å². The summed E-state index contributed by atoms with van der Waals surface area (Å²) in [4.78, 5) is 0.